The van der Waals surface area contributed by atoms with E-state index in [1.54, 1.807) is 0 Å². The molecule has 0 aromatic heterocycles. The Hall–Kier alpha value is 1.21. The molecule has 0 spiro atoms. The van der Waals surface area contributed by atoms with E-state index in [0.717, 1.165) is 63.6 Å². The van der Waals surface area contributed by atoms with E-state index < -0.39 is 31.0 Å². The van der Waals surface area contributed by atoms with Crippen LogP contribution in [-0.2, 0) is 66.5 Å². The van der Waals surface area contributed by atoms with Gasteiger partial charge in [0.05, 0.1) is 0 Å². The number of hydrogen-bond acceptors (Lipinski definition) is 0. The maximum atomic E-state index is 9.88. The van der Waals surface area contributed by atoms with Crippen molar-refractivity contribution in [2.24, 2.45) is 17.8 Å². The van der Waals surface area contributed by atoms with Crippen LogP contribution in [0.2, 0.25) is 0 Å². The SMILES string of the molecule is C1=CC(C2CC[N-]CC2)=CC[N-]1.C1CC(C2CC[N-]CC2)CC[N-]1.[Cu+].[Cu+].[F][Cu].[F][Cu][F].[F][Ge]([F])([F])[F].[NH2-].[NH2-]. The van der Waals surface area contributed by atoms with Crippen LogP contribution in [0.1, 0.15) is 38.5 Å². The summed E-state index contributed by atoms with van der Waals surface area (Å²) in [5.41, 5.74) is 1.49. The molecule has 0 bridgehead atoms. The Kier molecular flexibility index (Phi) is 42.1. The first-order valence-corrected chi connectivity index (χ1v) is 15.2. The average molecular weight is 820 g/mol. The fourth-order valence-corrected chi connectivity index (χ4v) is 4.30. The van der Waals surface area contributed by atoms with E-state index in [-0.39, 0.29) is 46.4 Å². The zero-order valence-electron chi connectivity index (χ0n) is 20.5. The average Bonchev–Trinajstić information content (AvgIpc) is 2.87. The minimum atomic E-state index is -7.00. The quantitative estimate of drug-likeness (QED) is 0.195. The predicted molar refractivity (Wildman–Crippen MR) is 127 cm³/mol. The molecule has 0 radical (unpaired) electrons. The van der Waals surface area contributed by atoms with Crippen molar-refractivity contribution in [3.05, 3.63) is 57.5 Å². The molecule has 247 valence electrons. The number of rotatable bonds is 2. The van der Waals surface area contributed by atoms with Crippen LogP contribution in [0.5, 0.6) is 0 Å². The molecule has 0 aliphatic carbocycles. The second-order valence-electron chi connectivity index (χ2n) is 7.82. The van der Waals surface area contributed by atoms with E-state index in [9.17, 15) is 21.1 Å². The summed E-state index contributed by atoms with van der Waals surface area (Å²) in [6.45, 7) is 7.46. The van der Waals surface area contributed by atoms with Crippen LogP contribution in [0.4, 0.5) is 24.7 Å². The fourth-order valence-electron chi connectivity index (χ4n) is 4.30. The van der Waals surface area contributed by atoms with Crippen LogP contribution in [-0.4, -0.2) is 60.9 Å². The molecule has 38 heavy (non-hydrogen) atoms. The Morgan fingerprint density at radius 3 is 1.32 bits per heavy atom. The molecule has 0 unspecified atom stereocenters. The molecule has 4 N–H and O–H groups in total. The summed E-state index contributed by atoms with van der Waals surface area (Å²) in [4.78, 5) is 0. The molecule has 0 atom stereocenters. The maximum absolute atomic E-state index is 9.88. The van der Waals surface area contributed by atoms with Crippen molar-refractivity contribution in [2.45, 2.75) is 38.5 Å². The third kappa shape index (κ3) is 28.7. The van der Waals surface area contributed by atoms with Crippen molar-refractivity contribution in [1.82, 2.24) is 0 Å². The fraction of sp³-hybridized carbons (Fsp3) is 0.800. The molecule has 4 aliphatic heterocycles. The van der Waals surface area contributed by atoms with Gasteiger partial charge in [-0.2, -0.15) is 6.20 Å². The smallest absolute Gasteiger partial charge is 0.693 e. The molecule has 0 saturated carbocycles. The Morgan fingerprint density at radius 2 is 1.03 bits per heavy atom. The second kappa shape index (κ2) is 32.7. The summed E-state index contributed by atoms with van der Waals surface area (Å²) in [6, 6.07) is 0. The van der Waals surface area contributed by atoms with E-state index in [2.05, 4.69) is 49.9 Å². The van der Waals surface area contributed by atoms with Gasteiger partial charge in [0, 0.05) is 0 Å². The van der Waals surface area contributed by atoms with Gasteiger partial charge in [0.2, 0.25) is 0 Å². The molecule has 0 amide bonds. The van der Waals surface area contributed by atoms with E-state index in [4.69, 9.17) is 3.55 Å². The number of allylic oxidation sites excluding steroid dienone is 2. The third-order valence-corrected chi connectivity index (χ3v) is 5.85. The summed E-state index contributed by atoms with van der Waals surface area (Å²) in [5, 5.41) is 17.3. The molecule has 6 nitrogen and oxygen atoms in total. The van der Waals surface area contributed by atoms with E-state index in [1.807, 2.05) is 6.20 Å². The van der Waals surface area contributed by atoms with E-state index in [0.29, 0.717) is 0 Å². The van der Waals surface area contributed by atoms with Gasteiger partial charge in [-0.15, -0.1) is 45.8 Å². The van der Waals surface area contributed by atoms with Gasteiger partial charge in [-0.3, -0.25) is 0 Å². The van der Waals surface area contributed by atoms with Gasteiger partial charge in [0.25, 0.3) is 0 Å². The summed E-state index contributed by atoms with van der Waals surface area (Å²) >= 11 is -5.50. The van der Waals surface area contributed by atoms with Crippen molar-refractivity contribution >= 4 is 15.1 Å². The largest absolute Gasteiger partial charge is 0.693 e. The van der Waals surface area contributed by atoms with Crippen LogP contribution in [0.25, 0.3) is 33.6 Å². The summed E-state index contributed by atoms with van der Waals surface area (Å²) < 4.78 is 67.6. The Bertz CT molecular complexity index is 518. The van der Waals surface area contributed by atoms with Crippen molar-refractivity contribution in [3.63, 3.8) is 0 Å². The molecule has 4 heterocycles. The van der Waals surface area contributed by atoms with Crippen molar-refractivity contribution < 1.29 is 91.1 Å². The Balaban J connectivity index is -0.000000133. The molecular weight excluding hydrogens is 784 g/mol. The number of nitrogens with two attached hydrogens (primary N) is 2. The molecule has 3 fully saturated rings. The van der Waals surface area contributed by atoms with E-state index >= 15 is 0 Å². The van der Waals surface area contributed by atoms with Gasteiger partial charge in [-0.1, -0.05) is 56.3 Å². The van der Waals surface area contributed by atoms with Crippen LogP contribution < -0.4 is 0 Å². The topological polar surface area (TPSA) is 123 Å². The zero-order valence-corrected chi connectivity index (χ0v) is 26.3. The van der Waals surface area contributed by atoms with Crippen molar-refractivity contribution in [2.75, 3.05) is 45.8 Å². The molecule has 0 aromatic rings. The summed E-state index contributed by atoms with van der Waals surface area (Å²) in [7, 11) is 0. The number of nitrogens with zero attached hydrogens (tertiary/aromatic N) is 4. The predicted octanol–water partition coefficient (Wildman–Crippen LogP) is 9.14. The monoisotopic (exact) mass is 819 g/mol. The number of halogens is 7. The van der Waals surface area contributed by atoms with Crippen molar-refractivity contribution in [3.8, 4) is 0 Å². The minimum Gasteiger partial charge on any atom is -0.693 e. The first-order valence-electron chi connectivity index (χ1n) is 11.0. The van der Waals surface area contributed by atoms with Crippen LogP contribution in [0.15, 0.2) is 23.9 Å². The zero-order chi connectivity index (χ0) is 25.7. The molecule has 4 aliphatic rings. The van der Waals surface area contributed by atoms with Gasteiger partial charge in [0.1, 0.15) is 0 Å². The molecule has 3 saturated heterocycles. The summed E-state index contributed by atoms with van der Waals surface area (Å²) in [5.74, 6) is 2.73. The van der Waals surface area contributed by atoms with Crippen LogP contribution >= 0.6 is 0 Å². The first-order chi connectivity index (χ1) is 16.3. The van der Waals surface area contributed by atoms with Crippen LogP contribution in [0, 0.1) is 17.8 Å². The van der Waals surface area contributed by atoms with Crippen LogP contribution in [0.3, 0.4) is 0 Å². The maximum Gasteiger partial charge on any atom is -0.693 e. The third-order valence-electron chi connectivity index (χ3n) is 5.85. The number of hydrogen-bond donors (Lipinski definition) is 0. The van der Waals surface area contributed by atoms with Gasteiger partial charge in [-0.25, -0.2) is 0 Å². The van der Waals surface area contributed by atoms with Crippen molar-refractivity contribution in [1.29, 1.82) is 0 Å². The van der Waals surface area contributed by atoms with Gasteiger partial charge in [0.15, 0.2) is 0 Å². The summed E-state index contributed by atoms with van der Waals surface area (Å²) in [6.07, 6.45) is 14.2. The molecular formula is C20H36Cu4F7GeN6-4. The Labute approximate surface area is 264 Å². The minimum absolute atomic E-state index is 0. The van der Waals surface area contributed by atoms with Gasteiger partial charge in [-0.05, 0) is 17.8 Å². The normalized spacial score (nSPS) is 19.3. The standard InChI is InChI=1S/C10H18N2.C10H14N2.4Cu.F4Ge.3FH.2H2N/c2*1-5-11-6-2-9(1)10-3-7-12-8-4-10;;;;;1-5(2,3)4;;;;;/h9-10H,1-8H2;1-2,5,10H,3-4,6-8H2;;;;;;3*1H;2*1H2/q2*-2;3*+1;+2;;;;;2*-1/p-3. The molecule has 18 heteroatoms. The second-order valence-corrected chi connectivity index (χ2v) is 9.75. The Morgan fingerprint density at radius 1 is 0.711 bits per heavy atom. The molecule has 4 rings (SSSR count). The number of piperidine rings is 3. The van der Waals surface area contributed by atoms with Gasteiger partial charge < -0.3 is 33.6 Å². The van der Waals surface area contributed by atoms with Gasteiger partial charge >= 0.3 is 106 Å². The van der Waals surface area contributed by atoms with E-state index in [1.165, 1.54) is 44.1 Å². The molecule has 0 aromatic carbocycles. The first kappa shape index (κ1) is 48.9.